The highest BCUT2D eigenvalue weighted by Crippen LogP contribution is 2.17. The molecule has 1 N–H and O–H groups in total. The molecule has 0 aliphatic carbocycles. The number of hydrogen-bond acceptors (Lipinski definition) is 4. The Kier molecular flexibility index (Phi) is 4.94. The molecule has 0 saturated heterocycles. The molecular formula is C15H14ClN3O. The molecule has 1 aromatic carbocycles. The first-order chi connectivity index (χ1) is 9.72. The largest absolute Gasteiger partial charge is 0.481 e. The molecular weight excluding hydrogens is 274 g/mol. The maximum Gasteiger partial charge on any atom is 0.213 e. The lowest BCUT2D eigenvalue weighted by atomic mass is 10.1. The van der Waals surface area contributed by atoms with Crippen LogP contribution < -0.4 is 10.1 Å². The average molecular weight is 288 g/mol. The van der Waals surface area contributed by atoms with Crippen molar-refractivity contribution < 1.29 is 4.74 Å². The molecule has 102 valence electrons. The van der Waals surface area contributed by atoms with Gasteiger partial charge in [0, 0.05) is 30.4 Å². The van der Waals surface area contributed by atoms with Crippen LogP contribution in [0.2, 0.25) is 5.02 Å². The summed E-state index contributed by atoms with van der Waals surface area (Å²) in [6, 6.07) is 11.2. The highest BCUT2D eigenvalue weighted by atomic mass is 35.5. The number of aromatic nitrogens is 1. The Hall–Kier alpha value is -2.09. The van der Waals surface area contributed by atoms with E-state index in [0.717, 1.165) is 11.1 Å². The first-order valence-corrected chi connectivity index (χ1v) is 6.49. The molecule has 0 fully saturated rings. The molecule has 0 atom stereocenters. The molecule has 0 saturated carbocycles. The van der Waals surface area contributed by atoms with Gasteiger partial charge in [-0.05, 0) is 29.3 Å². The third-order valence-electron chi connectivity index (χ3n) is 2.84. The lowest BCUT2D eigenvalue weighted by molar-refractivity contribution is 0.397. The van der Waals surface area contributed by atoms with Crippen LogP contribution in [0.1, 0.15) is 16.7 Å². The van der Waals surface area contributed by atoms with Crippen molar-refractivity contribution in [1.29, 1.82) is 5.26 Å². The fourth-order valence-corrected chi connectivity index (χ4v) is 2.02. The predicted octanol–water partition coefficient (Wildman–Crippen LogP) is 2.91. The van der Waals surface area contributed by atoms with Crippen molar-refractivity contribution in [2.45, 2.75) is 13.1 Å². The summed E-state index contributed by atoms with van der Waals surface area (Å²) >= 11 is 6.12. The summed E-state index contributed by atoms with van der Waals surface area (Å²) in [6.45, 7) is 1.32. The van der Waals surface area contributed by atoms with Crippen LogP contribution in [-0.4, -0.2) is 12.1 Å². The third kappa shape index (κ3) is 3.70. The minimum Gasteiger partial charge on any atom is -0.481 e. The Balaban J connectivity index is 1.94. The summed E-state index contributed by atoms with van der Waals surface area (Å²) in [5.41, 5.74) is 2.62. The van der Waals surface area contributed by atoms with E-state index in [1.54, 1.807) is 25.4 Å². The highest BCUT2D eigenvalue weighted by molar-refractivity contribution is 6.31. The van der Waals surface area contributed by atoms with E-state index in [-0.39, 0.29) is 0 Å². The molecule has 5 heteroatoms. The summed E-state index contributed by atoms with van der Waals surface area (Å²) in [5.74, 6) is 0.598. The molecule has 0 radical (unpaired) electrons. The van der Waals surface area contributed by atoms with E-state index in [9.17, 15) is 0 Å². The molecule has 1 heterocycles. The van der Waals surface area contributed by atoms with Gasteiger partial charge in [-0.25, -0.2) is 4.98 Å². The van der Waals surface area contributed by atoms with Crippen LogP contribution in [0, 0.1) is 11.3 Å². The SMILES string of the molecule is COc1cc(CNCc2ccc(C#N)cc2Cl)ccn1. The molecule has 0 unspecified atom stereocenters. The predicted molar refractivity (Wildman–Crippen MR) is 77.5 cm³/mol. The fourth-order valence-electron chi connectivity index (χ4n) is 1.77. The van der Waals surface area contributed by atoms with E-state index >= 15 is 0 Å². The molecule has 1 aromatic heterocycles. The maximum absolute atomic E-state index is 8.79. The van der Waals surface area contributed by atoms with E-state index in [0.29, 0.717) is 29.6 Å². The number of hydrogen-bond donors (Lipinski definition) is 1. The number of nitriles is 1. The van der Waals surface area contributed by atoms with Gasteiger partial charge in [0.1, 0.15) is 0 Å². The van der Waals surface area contributed by atoms with Crippen LogP contribution in [0.5, 0.6) is 5.88 Å². The Bertz CT molecular complexity index is 637. The number of halogens is 1. The van der Waals surface area contributed by atoms with Crippen molar-refractivity contribution in [3.8, 4) is 11.9 Å². The van der Waals surface area contributed by atoms with Crippen LogP contribution >= 0.6 is 11.6 Å². The van der Waals surface area contributed by atoms with Gasteiger partial charge in [0.25, 0.3) is 0 Å². The lowest BCUT2D eigenvalue weighted by Gasteiger charge is -2.08. The van der Waals surface area contributed by atoms with Gasteiger partial charge >= 0.3 is 0 Å². The molecule has 0 aliphatic heterocycles. The van der Waals surface area contributed by atoms with E-state index in [2.05, 4.69) is 16.4 Å². The number of nitrogens with one attached hydrogen (secondary N) is 1. The van der Waals surface area contributed by atoms with Gasteiger partial charge in [0.15, 0.2) is 0 Å². The minimum atomic E-state index is 0.567. The molecule has 20 heavy (non-hydrogen) atoms. The molecule has 2 rings (SSSR count). The lowest BCUT2D eigenvalue weighted by Crippen LogP contribution is -2.13. The van der Waals surface area contributed by atoms with E-state index in [1.165, 1.54) is 0 Å². The van der Waals surface area contributed by atoms with Crippen LogP contribution in [-0.2, 0) is 13.1 Å². The van der Waals surface area contributed by atoms with Gasteiger partial charge in [-0.1, -0.05) is 17.7 Å². The summed E-state index contributed by atoms with van der Waals surface area (Å²) in [7, 11) is 1.59. The molecule has 0 spiro atoms. The number of ether oxygens (including phenoxy) is 1. The topological polar surface area (TPSA) is 57.9 Å². The first-order valence-electron chi connectivity index (χ1n) is 6.11. The quantitative estimate of drug-likeness (QED) is 0.918. The monoisotopic (exact) mass is 287 g/mol. The second kappa shape index (κ2) is 6.90. The van der Waals surface area contributed by atoms with Gasteiger partial charge in [-0.3, -0.25) is 0 Å². The number of nitrogens with zero attached hydrogens (tertiary/aromatic N) is 2. The summed E-state index contributed by atoms with van der Waals surface area (Å²) in [4.78, 5) is 4.06. The average Bonchev–Trinajstić information content (AvgIpc) is 2.49. The molecule has 0 amide bonds. The van der Waals surface area contributed by atoms with Crippen molar-refractivity contribution >= 4 is 11.6 Å². The standard InChI is InChI=1S/C15H14ClN3O/c1-20-15-7-12(4-5-19-15)9-18-10-13-3-2-11(8-17)6-14(13)16/h2-7,18H,9-10H2,1H3. The number of benzene rings is 1. The zero-order valence-corrected chi connectivity index (χ0v) is 11.8. The Morgan fingerprint density at radius 3 is 2.85 bits per heavy atom. The molecule has 2 aromatic rings. The Morgan fingerprint density at radius 1 is 1.30 bits per heavy atom. The summed E-state index contributed by atoms with van der Waals surface area (Å²) in [5, 5.41) is 12.7. The zero-order valence-electron chi connectivity index (χ0n) is 11.1. The van der Waals surface area contributed by atoms with Crippen molar-refractivity contribution in [2.75, 3.05) is 7.11 Å². The van der Waals surface area contributed by atoms with Crippen LogP contribution in [0.3, 0.4) is 0 Å². The first kappa shape index (κ1) is 14.3. The summed E-state index contributed by atoms with van der Waals surface area (Å²) in [6.07, 6.45) is 1.71. The Morgan fingerprint density at radius 2 is 2.15 bits per heavy atom. The van der Waals surface area contributed by atoms with E-state index in [1.807, 2.05) is 18.2 Å². The minimum absolute atomic E-state index is 0.567. The second-order valence-electron chi connectivity index (χ2n) is 4.23. The molecule has 0 aliphatic rings. The van der Waals surface area contributed by atoms with Gasteiger partial charge in [0.2, 0.25) is 5.88 Å². The normalized spacial score (nSPS) is 10.1. The van der Waals surface area contributed by atoms with Crippen LogP contribution in [0.15, 0.2) is 36.5 Å². The number of methoxy groups -OCH3 is 1. The second-order valence-corrected chi connectivity index (χ2v) is 4.64. The van der Waals surface area contributed by atoms with Crippen molar-refractivity contribution in [2.24, 2.45) is 0 Å². The highest BCUT2D eigenvalue weighted by Gasteiger charge is 2.02. The van der Waals surface area contributed by atoms with Gasteiger partial charge in [0.05, 0.1) is 18.7 Å². The number of rotatable bonds is 5. The van der Waals surface area contributed by atoms with Crippen LogP contribution in [0.4, 0.5) is 0 Å². The van der Waals surface area contributed by atoms with Crippen molar-refractivity contribution in [1.82, 2.24) is 10.3 Å². The van der Waals surface area contributed by atoms with Gasteiger partial charge < -0.3 is 10.1 Å². The van der Waals surface area contributed by atoms with Gasteiger partial charge in [-0.2, -0.15) is 5.26 Å². The molecule has 0 bridgehead atoms. The van der Waals surface area contributed by atoms with E-state index in [4.69, 9.17) is 21.6 Å². The third-order valence-corrected chi connectivity index (χ3v) is 3.19. The smallest absolute Gasteiger partial charge is 0.213 e. The van der Waals surface area contributed by atoms with Crippen molar-refractivity contribution in [3.05, 3.63) is 58.2 Å². The van der Waals surface area contributed by atoms with Crippen LogP contribution in [0.25, 0.3) is 0 Å². The fraction of sp³-hybridized carbons (Fsp3) is 0.200. The Labute approximate surface area is 123 Å². The zero-order chi connectivity index (χ0) is 14.4. The van der Waals surface area contributed by atoms with Gasteiger partial charge in [-0.15, -0.1) is 0 Å². The van der Waals surface area contributed by atoms with E-state index < -0.39 is 0 Å². The maximum atomic E-state index is 8.79. The number of pyridine rings is 1. The summed E-state index contributed by atoms with van der Waals surface area (Å²) < 4.78 is 5.07. The molecule has 4 nitrogen and oxygen atoms in total. The van der Waals surface area contributed by atoms with Crippen molar-refractivity contribution in [3.63, 3.8) is 0 Å².